The van der Waals surface area contributed by atoms with Gasteiger partial charge in [-0.3, -0.25) is 9.59 Å². The Hall–Kier alpha value is -4.21. The van der Waals surface area contributed by atoms with E-state index in [1.54, 1.807) is 36.5 Å². The lowest BCUT2D eigenvalue weighted by atomic mass is 10.0. The van der Waals surface area contributed by atoms with Gasteiger partial charge in [-0.15, -0.1) is 0 Å². The first-order valence-corrected chi connectivity index (χ1v) is 13.6. The summed E-state index contributed by atoms with van der Waals surface area (Å²) in [6, 6.07) is 15.0. The Bertz CT molecular complexity index is 1530. The van der Waals surface area contributed by atoms with Gasteiger partial charge in [0.25, 0.3) is 5.91 Å². The van der Waals surface area contributed by atoms with Crippen molar-refractivity contribution in [3.8, 4) is 11.3 Å². The quantitative estimate of drug-likeness (QED) is 0.262. The molecular formula is C30H32ClN7O2. The zero-order valence-corrected chi connectivity index (χ0v) is 23.3. The van der Waals surface area contributed by atoms with Gasteiger partial charge in [-0.1, -0.05) is 35.9 Å². The van der Waals surface area contributed by atoms with Crippen molar-refractivity contribution in [1.82, 2.24) is 24.8 Å². The van der Waals surface area contributed by atoms with Gasteiger partial charge in [-0.05, 0) is 57.3 Å². The third-order valence-corrected chi connectivity index (χ3v) is 7.05. The van der Waals surface area contributed by atoms with E-state index in [1.807, 2.05) is 54.4 Å². The lowest BCUT2D eigenvalue weighted by Crippen LogP contribution is -2.45. The number of benzene rings is 2. The molecule has 0 bridgehead atoms. The van der Waals surface area contributed by atoms with E-state index in [-0.39, 0.29) is 17.9 Å². The molecule has 40 heavy (non-hydrogen) atoms. The fourth-order valence-corrected chi connectivity index (χ4v) is 4.98. The Kier molecular flexibility index (Phi) is 8.42. The molecule has 3 heterocycles. The summed E-state index contributed by atoms with van der Waals surface area (Å²) >= 11 is 6.49. The van der Waals surface area contributed by atoms with E-state index in [0.717, 1.165) is 29.3 Å². The number of rotatable bonds is 8. The Labute approximate surface area is 238 Å². The summed E-state index contributed by atoms with van der Waals surface area (Å²) in [6.07, 6.45) is 8.57. The molecule has 0 spiro atoms. The van der Waals surface area contributed by atoms with Crippen LogP contribution in [0.3, 0.4) is 0 Å². The Balaban J connectivity index is 1.22. The average molecular weight is 558 g/mol. The third-order valence-electron chi connectivity index (χ3n) is 6.77. The van der Waals surface area contributed by atoms with Crippen LogP contribution in [0.15, 0.2) is 73.1 Å². The van der Waals surface area contributed by atoms with Crippen LogP contribution in [-0.4, -0.2) is 76.3 Å². The van der Waals surface area contributed by atoms with Gasteiger partial charge in [-0.25, -0.2) is 9.97 Å². The number of carbonyl (C=O) groups is 2. The van der Waals surface area contributed by atoms with Crippen molar-refractivity contribution in [2.24, 2.45) is 0 Å². The highest BCUT2D eigenvalue weighted by molar-refractivity contribution is 6.33. The number of anilines is 2. The Morgan fingerprint density at radius 1 is 1.18 bits per heavy atom. The molecule has 1 atom stereocenters. The summed E-state index contributed by atoms with van der Waals surface area (Å²) in [4.78, 5) is 41.6. The number of fused-ring (bicyclic) bond motifs is 1. The lowest BCUT2D eigenvalue weighted by molar-refractivity contribution is -0.111. The number of likely N-dealkylation sites (N-methyl/N-ethyl adjacent to an activating group) is 1. The zero-order valence-electron chi connectivity index (χ0n) is 22.5. The van der Waals surface area contributed by atoms with Crippen LogP contribution in [0, 0.1) is 0 Å². The van der Waals surface area contributed by atoms with E-state index >= 15 is 0 Å². The van der Waals surface area contributed by atoms with E-state index < -0.39 is 0 Å². The number of piperidine rings is 1. The van der Waals surface area contributed by atoms with Gasteiger partial charge in [0.15, 0.2) is 0 Å². The summed E-state index contributed by atoms with van der Waals surface area (Å²) in [6.45, 7) is 1.89. The smallest absolute Gasteiger partial charge is 0.253 e. The van der Waals surface area contributed by atoms with Crippen molar-refractivity contribution >= 4 is 46.0 Å². The molecule has 9 nitrogen and oxygen atoms in total. The molecule has 2 aromatic carbocycles. The van der Waals surface area contributed by atoms with Crippen LogP contribution >= 0.6 is 11.6 Å². The van der Waals surface area contributed by atoms with Crippen molar-refractivity contribution in [2.45, 2.75) is 18.9 Å². The topological polar surface area (TPSA) is 106 Å². The molecule has 1 aliphatic heterocycles. The average Bonchev–Trinajstić information content (AvgIpc) is 3.38. The number of hydrogen-bond donors (Lipinski definition) is 3. The molecule has 0 unspecified atom stereocenters. The maximum atomic E-state index is 13.3. The van der Waals surface area contributed by atoms with E-state index in [9.17, 15) is 9.59 Å². The molecule has 0 aliphatic carbocycles. The van der Waals surface area contributed by atoms with Crippen LogP contribution in [0.1, 0.15) is 23.2 Å². The Morgan fingerprint density at radius 3 is 2.77 bits per heavy atom. The number of aromatic amines is 1. The largest absolute Gasteiger partial charge is 0.360 e. The van der Waals surface area contributed by atoms with E-state index in [4.69, 9.17) is 16.6 Å². The van der Waals surface area contributed by atoms with Gasteiger partial charge in [0.05, 0.1) is 16.9 Å². The number of carbonyl (C=O) groups excluding carboxylic acids is 2. The minimum atomic E-state index is -0.205. The lowest BCUT2D eigenvalue weighted by Gasteiger charge is -2.33. The number of likely N-dealkylation sites (tertiary alicyclic amines) is 1. The molecule has 2 amide bonds. The highest BCUT2D eigenvalue weighted by Gasteiger charge is 2.25. The molecule has 0 radical (unpaired) electrons. The summed E-state index contributed by atoms with van der Waals surface area (Å²) in [7, 11) is 3.87. The van der Waals surface area contributed by atoms with E-state index in [1.165, 1.54) is 6.08 Å². The number of hydrogen-bond acceptors (Lipinski definition) is 6. The molecule has 5 rings (SSSR count). The van der Waals surface area contributed by atoms with Gasteiger partial charge in [0.1, 0.15) is 0 Å². The zero-order chi connectivity index (χ0) is 28.1. The molecule has 1 fully saturated rings. The predicted molar refractivity (Wildman–Crippen MR) is 160 cm³/mol. The molecule has 3 N–H and O–H groups in total. The highest BCUT2D eigenvalue weighted by atomic mass is 35.5. The first kappa shape index (κ1) is 27.4. The normalized spacial score (nSPS) is 15.6. The van der Waals surface area contributed by atoms with Gasteiger partial charge in [0, 0.05) is 65.7 Å². The van der Waals surface area contributed by atoms with Gasteiger partial charge in [0.2, 0.25) is 11.9 Å². The Morgan fingerprint density at radius 2 is 1.98 bits per heavy atom. The van der Waals surface area contributed by atoms with Crippen LogP contribution in [0.5, 0.6) is 0 Å². The molecule has 4 aromatic rings. The highest BCUT2D eigenvalue weighted by Crippen LogP contribution is 2.32. The monoisotopic (exact) mass is 557 g/mol. The number of H-pyrrole nitrogens is 1. The number of halogens is 1. The number of aromatic nitrogens is 3. The van der Waals surface area contributed by atoms with E-state index in [0.29, 0.717) is 47.6 Å². The summed E-state index contributed by atoms with van der Waals surface area (Å²) in [5.41, 5.74) is 3.79. The maximum absolute atomic E-state index is 13.3. The number of nitrogens with zero attached hydrogens (tertiary/aromatic N) is 4. The van der Waals surface area contributed by atoms with Gasteiger partial charge in [-0.2, -0.15) is 0 Å². The summed E-state index contributed by atoms with van der Waals surface area (Å²) in [5, 5.41) is 7.74. The minimum absolute atomic E-state index is 0.00205. The first-order valence-electron chi connectivity index (χ1n) is 13.2. The van der Waals surface area contributed by atoms with Crippen LogP contribution in [0.4, 0.5) is 11.6 Å². The third kappa shape index (κ3) is 6.50. The number of para-hydroxylation sites is 1. The maximum Gasteiger partial charge on any atom is 0.253 e. The van der Waals surface area contributed by atoms with Crippen molar-refractivity contribution < 1.29 is 9.59 Å². The fraction of sp³-hybridized carbons (Fsp3) is 0.267. The van der Waals surface area contributed by atoms with Crippen LogP contribution < -0.4 is 10.6 Å². The molecular weight excluding hydrogens is 526 g/mol. The summed E-state index contributed by atoms with van der Waals surface area (Å²) in [5.74, 6) is 0.221. The first-order chi connectivity index (χ1) is 19.4. The minimum Gasteiger partial charge on any atom is -0.360 e. The van der Waals surface area contributed by atoms with Gasteiger partial charge >= 0.3 is 0 Å². The van der Waals surface area contributed by atoms with Crippen LogP contribution in [-0.2, 0) is 4.79 Å². The fourth-order valence-electron chi connectivity index (χ4n) is 4.79. The van der Waals surface area contributed by atoms with Crippen molar-refractivity contribution in [3.63, 3.8) is 0 Å². The molecule has 1 aliphatic rings. The molecule has 10 heteroatoms. The molecule has 206 valence electrons. The van der Waals surface area contributed by atoms with Gasteiger partial charge < -0.3 is 25.4 Å². The second-order valence-corrected chi connectivity index (χ2v) is 10.5. The van der Waals surface area contributed by atoms with Crippen molar-refractivity contribution in [3.05, 3.63) is 83.7 Å². The second kappa shape index (κ2) is 12.3. The predicted octanol–water partition coefficient (Wildman–Crippen LogP) is 5.05. The SMILES string of the molecule is CN(C)CC=CC(=O)Nc1ccc(C(=O)N2CCC[C@@H](Nc3ncc(Cl)c(-c4c[nH]c5ccccc45)n3)C2)cc1. The van der Waals surface area contributed by atoms with Crippen molar-refractivity contribution in [1.29, 1.82) is 0 Å². The van der Waals surface area contributed by atoms with Crippen LogP contribution in [0.25, 0.3) is 22.2 Å². The summed E-state index contributed by atoms with van der Waals surface area (Å²) < 4.78 is 0. The molecule has 0 saturated carbocycles. The number of amides is 2. The van der Waals surface area contributed by atoms with E-state index in [2.05, 4.69) is 20.6 Å². The molecule has 2 aromatic heterocycles. The van der Waals surface area contributed by atoms with Crippen LogP contribution in [0.2, 0.25) is 5.02 Å². The number of nitrogens with one attached hydrogen (secondary N) is 3. The standard InChI is InChI=1S/C30H32ClN7O2/c1-37(2)15-6-10-27(39)34-21-13-11-20(12-14-21)29(40)38-16-5-7-22(19-38)35-30-33-18-25(31)28(36-30)24-17-32-26-9-4-3-8-23(24)26/h3-4,6,8-14,17-18,22,32H,5,7,15-16,19H2,1-2H3,(H,34,39)(H,33,35,36)/t22-/m1/s1. The second-order valence-electron chi connectivity index (χ2n) is 10.1. The van der Waals surface area contributed by atoms with Crippen molar-refractivity contribution in [2.75, 3.05) is 44.4 Å². The molecule has 1 saturated heterocycles.